The van der Waals surface area contributed by atoms with Crippen LogP contribution in [0.2, 0.25) is 0 Å². The van der Waals surface area contributed by atoms with Crippen molar-refractivity contribution in [3.05, 3.63) is 42.5 Å². The Labute approximate surface area is 86.4 Å². The summed E-state index contributed by atoms with van der Waals surface area (Å²) in [5.74, 6) is -1.35. The maximum absolute atomic E-state index is 10.8. The first-order valence-electron chi connectivity index (χ1n) is 4.15. The predicted octanol–water partition coefficient (Wildman–Crippen LogP) is 1.01. The van der Waals surface area contributed by atoms with Gasteiger partial charge in [-0.05, 0) is 30.3 Å². The Balaban J connectivity index is 2.60. The van der Waals surface area contributed by atoms with Crippen molar-refractivity contribution in [3.63, 3.8) is 0 Å². The van der Waals surface area contributed by atoms with E-state index in [0.29, 0.717) is 5.69 Å². The molecule has 0 aromatic heterocycles. The third-order valence-electron chi connectivity index (χ3n) is 1.65. The summed E-state index contributed by atoms with van der Waals surface area (Å²) >= 11 is 0. The number of carbonyl (C=O) groups is 2. The number of carboxylic acid groups (broad SMARTS) is 1. The molecule has 1 amide bonds. The van der Waals surface area contributed by atoms with Crippen LogP contribution < -0.4 is 10.9 Å². The number of rotatable bonds is 4. The zero-order chi connectivity index (χ0) is 11.3. The van der Waals surface area contributed by atoms with Crippen molar-refractivity contribution in [2.45, 2.75) is 0 Å². The van der Waals surface area contributed by atoms with Gasteiger partial charge in [0.1, 0.15) is 0 Å². The van der Waals surface area contributed by atoms with E-state index >= 15 is 0 Å². The number of benzene rings is 1. The fraction of sp³-hybridized carbons (Fsp3) is 0. The molecule has 0 atom stereocenters. The standard InChI is InChI=1S/C10H10N2O3/c1-2-9(13)12-11-8-5-3-7(4-6-8)10(14)15/h2-6,11H,1H2,(H,12,13)(H,14,15). The van der Waals surface area contributed by atoms with Crippen LogP contribution in [-0.4, -0.2) is 17.0 Å². The van der Waals surface area contributed by atoms with Gasteiger partial charge in [-0.2, -0.15) is 0 Å². The highest BCUT2D eigenvalue weighted by Crippen LogP contribution is 2.07. The number of hydrazine groups is 1. The molecule has 1 aromatic rings. The summed E-state index contributed by atoms with van der Waals surface area (Å²) < 4.78 is 0. The molecule has 0 spiro atoms. The van der Waals surface area contributed by atoms with Crippen molar-refractivity contribution in [3.8, 4) is 0 Å². The second kappa shape index (κ2) is 4.80. The van der Waals surface area contributed by atoms with E-state index in [2.05, 4.69) is 17.4 Å². The van der Waals surface area contributed by atoms with E-state index in [1.165, 1.54) is 12.1 Å². The molecule has 0 unspecified atom stereocenters. The van der Waals surface area contributed by atoms with Crippen LogP contribution in [0.1, 0.15) is 10.4 Å². The normalized spacial score (nSPS) is 9.07. The van der Waals surface area contributed by atoms with Gasteiger partial charge in [-0.1, -0.05) is 6.58 Å². The monoisotopic (exact) mass is 206 g/mol. The van der Waals surface area contributed by atoms with Gasteiger partial charge in [-0.15, -0.1) is 0 Å². The highest BCUT2D eigenvalue weighted by atomic mass is 16.4. The summed E-state index contributed by atoms with van der Waals surface area (Å²) in [6.07, 6.45) is 1.12. The predicted molar refractivity (Wildman–Crippen MR) is 55.4 cm³/mol. The fourth-order valence-electron chi connectivity index (χ4n) is 0.881. The Morgan fingerprint density at radius 1 is 1.27 bits per heavy atom. The van der Waals surface area contributed by atoms with Crippen LogP contribution >= 0.6 is 0 Å². The maximum Gasteiger partial charge on any atom is 0.335 e. The highest BCUT2D eigenvalue weighted by Gasteiger charge is 2.01. The van der Waals surface area contributed by atoms with E-state index in [-0.39, 0.29) is 11.5 Å². The topological polar surface area (TPSA) is 78.4 Å². The molecule has 0 aliphatic heterocycles. The molecule has 0 radical (unpaired) electrons. The zero-order valence-corrected chi connectivity index (χ0v) is 7.86. The minimum atomic E-state index is -0.989. The van der Waals surface area contributed by atoms with Crippen LogP contribution in [0.15, 0.2) is 36.9 Å². The number of carbonyl (C=O) groups excluding carboxylic acids is 1. The molecule has 0 fully saturated rings. The number of amides is 1. The number of aromatic carboxylic acids is 1. The van der Waals surface area contributed by atoms with E-state index < -0.39 is 5.97 Å². The highest BCUT2D eigenvalue weighted by molar-refractivity contribution is 5.89. The molecule has 3 N–H and O–H groups in total. The molecule has 0 aliphatic carbocycles. The summed E-state index contributed by atoms with van der Waals surface area (Å²) in [4.78, 5) is 21.3. The lowest BCUT2D eigenvalue weighted by Crippen LogP contribution is -2.27. The molecule has 0 aliphatic rings. The smallest absolute Gasteiger partial charge is 0.335 e. The van der Waals surface area contributed by atoms with E-state index in [1.54, 1.807) is 12.1 Å². The van der Waals surface area contributed by atoms with E-state index in [0.717, 1.165) is 6.08 Å². The third-order valence-corrected chi connectivity index (χ3v) is 1.65. The summed E-state index contributed by atoms with van der Waals surface area (Å²) in [5.41, 5.74) is 5.72. The molecule has 0 bridgehead atoms. The van der Waals surface area contributed by atoms with Gasteiger partial charge in [0.05, 0.1) is 11.3 Å². The molecule has 5 heteroatoms. The lowest BCUT2D eigenvalue weighted by molar-refractivity contribution is -0.116. The molecular formula is C10H10N2O3. The molecular weight excluding hydrogens is 196 g/mol. The summed E-state index contributed by atoms with van der Waals surface area (Å²) in [5, 5.41) is 8.63. The maximum atomic E-state index is 10.8. The average molecular weight is 206 g/mol. The Hall–Kier alpha value is -2.30. The van der Waals surface area contributed by atoms with Crippen LogP contribution in [0, 0.1) is 0 Å². The van der Waals surface area contributed by atoms with Gasteiger partial charge >= 0.3 is 5.97 Å². The van der Waals surface area contributed by atoms with Crippen molar-refractivity contribution in [1.82, 2.24) is 5.43 Å². The van der Waals surface area contributed by atoms with Gasteiger partial charge in [-0.25, -0.2) is 4.79 Å². The van der Waals surface area contributed by atoms with Crippen LogP contribution in [0.3, 0.4) is 0 Å². The molecule has 0 saturated carbocycles. The van der Waals surface area contributed by atoms with Crippen LogP contribution in [0.25, 0.3) is 0 Å². The Morgan fingerprint density at radius 2 is 1.87 bits per heavy atom. The fourth-order valence-corrected chi connectivity index (χ4v) is 0.881. The van der Waals surface area contributed by atoms with Crippen molar-refractivity contribution < 1.29 is 14.7 Å². The van der Waals surface area contributed by atoms with E-state index in [1.807, 2.05) is 0 Å². The molecule has 0 heterocycles. The van der Waals surface area contributed by atoms with E-state index in [9.17, 15) is 9.59 Å². The van der Waals surface area contributed by atoms with Gasteiger partial charge in [0.2, 0.25) is 0 Å². The van der Waals surface area contributed by atoms with Crippen LogP contribution in [-0.2, 0) is 4.79 Å². The molecule has 1 aromatic carbocycles. The lowest BCUT2D eigenvalue weighted by Gasteiger charge is -2.06. The van der Waals surface area contributed by atoms with Gasteiger partial charge in [0.15, 0.2) is 0 Å². The lowest BCUT2D eigenvalue weighted by atomic mass is 10.2. The Bertz CT molecular complexity index is 384. The molecule has 15 heavy (non-hydrogen) atoms. The van der Waals surface area contributed by atoms with Crippen LogP contribution in [0.5, 0.6) is 0 Å². The largest absolute Gasteiger partial charge is 0.478 e. The molecule has 1 rings (SSSR count). The number of carboxylic acids is 1. The summed E-state index contributed by atoms with van der Waals surface area (Å²) in [7, 11) is 0. The SMILES string of the molecule is C=CC(=O)NNc1ccc(C(=O)O)cc1. The van der Waals surface area contributed by atoms with Gasteiger partial charge < -0.3 is 5.11 Å². The number of hydrogen-bond donors (Lipinski definition) is 3. The van der Waals surface area contributed by atoms with Crippen LogP contribution in [0.4, 0.5) is 5.69 Å². The van der Waals surface area contributed by atoms with Gasteiger partial charge in [0, 0.05) is 0 Å². The first-order valence-corrected chi connectivity index (χ1v) is 4.15. The number of hydrogen-bond acceptors (Lipinski definition) is 3. The van der Waals surface area contributed by atoms with Crippen molar-refractivity contribution in [2.24, 2.45) is 0 Å². The van der Waals surface area contributed by atoms with Gasteiger partial charge in [-0.3, -0.25) is 15.6 Å². The van der Waals surface area contributed by atoms with Crippen molar-refractivity contribution in [1.29, 1.82) is 0 Å². The van der Waals surface area contributed by atoms with Crippen molar-refractivity contribution in [2.75, 3.05) is 5.43 Å². The first-order chi connectivity index (χ1) is 7.13. The van der Waals surface area contributed by atoms with Gasteiger partial charge in [0.25, 0.3) is 5.91 Å². The van der Waals surface area contributed by atoms with Crippen molar-refractivity contribution >= 4 is 17.6 Å². The van der Waals surface area contributed by atoms with E-state index in [4.69, 9.17) is 5.11 Å². The molecule has 78 valence electrons. The molecule has 5 nitrogen and oxygen atoms in total. The minimum absolute atomic E-state index is 0.190. The quantitative estimate of drug-likeness (QED) is 0.507. The zero-order valence-electron chi connectivity index (χ0n) is 7.86. The average Bonchev–Trinajstić information content (AvgIpc) is 2.26. The second-order valence-electron chi connectivity index (χ2n) is 2.70. The number of nitrogens with one attached hydrogen (secondary N) is 2. The number of anilines is 1. The third kappa shape index (κ3) is 3.15. The minimum Gasteiger partial charge on any atom is -0.478 e. The summed E-state index contributed by atoms with van der Waals surface area (Å²) in [6, 6.07) is 5.97. The Kier molecular flexibility index (Phi) is 3.45. The Morgan fingerprint density at radius 3 is 2.33 bits per heavy atom. The first kappa shape index (κ1) is 10.8. The second-order valence-corrected chi connectivity index (χ2v) is 2.70. The molecule has 0 saturated heterocycles. The summed E-state index contributed by atoms with van der Waals surface area (Å²) in [6.45, 7) is 3.28.